The van der Waals surface area contributed by atoms with Gasteiger partial charge in [0.05, 0.1) is 0 Å². The third-order valence-corrected chi connectivity index (χ3v) is 4.80. The summed E-state index contributed by atoms with van der Waals surface area (Å²) in [4.78, 5) is 0. The van der Waals surface area contributed by atoms with Crippen LogP contribution in [0.1, 0.15) is 56.2 Å². The zero-order valence-corrected chi connectivity index (χ0v) is 12.4. The molecule has 0 amide bonds. The Labute approximate surface area is 116 Å². The second-order valence-electron chi connectivity index (χ2n) is 5.88. The number of aryl methyl sites for hydroxylation is 1. The van der Waals surface area contributed by atoms with Crippen LogP contribution in [0.2, 0.25) is 0 Å². The van der Waals surface area contributed by atoms with Gasteiger partial charge in [0, 0.05) is 6.04 Å². The molecule has 0 bridgehead atoms. The highest BCUT2D eigenvalue weighted by Crippen LogP contribution is 2.40. The predicted molar refractivity (Wildman–Crippen MR) is 78.7 cm³/mol. The normalized spacial score (nSPS) is 25.3. The van der Waals surface area contributed by atoms with E-state index in [9.17, 15) is 4.39 Å². The van der Waals surface area contributed by atoms with Crippen molar-refractivity contribution in [3.05, 3.63) is 35.1 Å². The quantitative estimate of drug-likeness (QED) is 0.836. The summed E-state index contributed by atoms with van der Waals surface area (Å²) in [5, 5.41) is 3.49. The molecule has 1 aliphatic rings. The molecular weight excluding hydrogens is 237 g/mol. The van der Waals surface area contributed by atoms with Gasteiger partial charge < -0.3 is 5.32 Å². The number of rotatable bonds is 4. The van der Waals surface area contributed by atoms with Crippen LogP contribution in [0, 0.1) is 24.6 Å². The van der Waals surface area contributed by atoms with Gasteiger partial charge in [-0.25, -0.2) is 4.39 Å². The Balaban J connectivity index is 2.27. The van der Waals surface area contributed by atoms with Crippen LogP contribution in [-0.2, 0) is 0 Å². The topological polar surface area (TPSA) is 12.0 Å². The SMILES string of the molecule is CCC1CCCCC1C(NC)c1ccc(F)cc1C. The standard InChI is InChI=1S/C17H26FN/c1-4-13-7-5-6-8-16(13)17(19-3)15-10-9-14(18)11-12(15)2/h9-11,13,16-17,19H,4-8H2,1-3H3. The molecule has 0 radical (unpaired) electrons. The zero-order valence-electron chi connectivity index (χ0n) is 12.4. The van der Waals surface area contributed by atoms with E-state index in [1.165, 1.54) is 37.7 Å². The number of halogens is 1. The monoisotopic (exact) mass is 263 g/mol. The van der Waals surface area contributed by atoms with Crippen LogP contribution in [0.15, 0.2) is 18.2 Å². The van der Waals surface area contributed by atoms with Gasteiger partial charge >= 0.3 is 0 Å². The fourth-order valence-electron chi connectivity index (χ4n) is 3.77. The van der Waals surface area contributed by atoms with Gasteiger partial charge in [0.25, 0.3) is 0 Å². The predicted octanol–water partition coefficient (Wildman–Crippen LogP) is 4.61. The molecule has 0 saturated heterocycles. The van der Waals surface area contributed by atoms with E-state index >= 15 is 0 Å². The Morgan fingerprint density at radius 2 is 2.05 bits per heavy atom. The number of benzene rings is 1. The number of hydrogen-bond acceptors (Lipinski definition) is 1. The van der Waals surface area contributed by atoms with Gasteiger partial charge in [0.2, 0.25) is 0 Å². The van der Waals surface area contributed by atoms with Crippen LogP contribution in [0.4, 0.5) is 4.39 Å². The highest BCUT2D eigenvalue weighted by Gasteiger charge is 2.31. The molecule has 0 heterocycles. The molecule has 1 fully saturated rings. The zero-order chi connectivity index (χ0) is 13.8. The lowest BCUT2D eigenvalue weighted by Crippen LogP contribution is -2.33. The van der Waals surface area contributed by atoms with Gasteiger partial charge in [0.1, 0.15) is 5.82 Å². The van der Waals surface area contributed by atoms with Crippen molar-refractivity contribution in [3.8, 4) is 0 Å². The molecule has 1 saturated carbocycles. The fourth-order valence-corrected chi connectivity index (χ4v) is 3.77. The minimum absolute atomic E-state index is 0.133. The molecule has 2 rings (SSSR count). The van der Waals surface area contributed by atoms with Crippen LogP contribution in [-0.4, -0.2) is 7.05 Å². The lowest BCUT2D eigenvalue weighted by molar-refractivity contribution is 0.180. The maximum Gasteiger partial charge on any atom is 0.123 e. The summed E-state index contributed by atoms with van der Waals surface area (Å²) in [6, 6.07) is 5.58. The summed E-state index contributed by atoms with van der Waals surface area (Å²) in [7, 11) is 2.04. The summed E-state index contributed by atoms with van der Waals surface area (Å²) in [6.07, 6.45) is 6.59. The van der Waals surface area contributed by atoms with Crippen LogP contribution < -0.4 is 5.32 Å². The van der Waals surface area contributed by atoms with Gasteiger partial charge in [-0.05, 0) is 55.5 Å². The lowest BCUT2D eigenvalue weighted by Gasteiger charge is -2.37. The molecule has 19 heavy (non-hydrogen) atoms. The third kappa shape index (κ3) is 3.17. The molecule has 1 N–H and O–H groups in total. The van der Waals surface area contributed by atoms with Crippen LogP contribution in [0.3, 0.4) is 0 Å². The van der Waals surface area contributed by atoms with E-state index in [1.54, 1.807) is 12.1 Å². The van der Waals surface area contributed by atoms with E-state index < -0.39 is 0 Å². The van der Waals surface area contributed by atoms with Crippen molar-refractivity contribution in [3.63, 3.8) is 0 Å². The highest BCUT2D eigenvalue weighted by atomic mass is 19.1. The van der Waals surface area contributed by atoms with E-state index in [0.717, 1.165) is 11.5 Å². The van der Waals surface area contributed by atoms with Crippen molar-refractivity contribution < 1.29 is 4.39 Å². The molecular formula is C17H26FN. The van der Waals surface area contributed by atoms with Crippen molar-refractivity contribution in [2.45, 2.75) is 52.0 Å². The highest BCUT2D eigenvalue weighted by molar-refractivity contribution is 5.30. The molecule has 0 aromatic heterocycles. The second-order valence-corrected chi connectivity index (χ2v) is 5.88. The smallest absolute Gasteiger partial charge is 0.123 e. The van der Waals surface area contributed by atoms with E-state index in [4.69, 9.17) is 0 Å². The molecule has 1 aromatic carbocycles. The average molecular weight is 263 g/mol. The molecule has 2 heteroatoms. The van der Waals surface area contributed by atoms with Gasteiger partial charge in [-0.1, -0.05) is 38.7 Å². The third-order valence-electron chi connectivity index (χ3n) is 4.80. The lowest BCUT2D eigenvalue weighted by atomic mass is 9.72. The van der Waals surface area contributed by atoms with Gasteiger partial charge in [-0.15, -0.1) is 0 Å². The summed E-state index contributed by atoms with van der Waals surface area (Å²) in [5.41, 5.74) is 2.34. The van der Waals surface area contributed by atoms with Gasteiger partial charge in [-0.3, -0.25) is 0 Å². The summed E-state index contributed by atoms with van der Waals surface area (Å²) >= 11 is 0. The van der Waals surface area contributed by atoms with Crippen molar-refractivity contribution >= 4 is 0 Å². The Kier molecular flexibility index (Phi) is 4.98. The Bertz CT molecular complexity index is 416. The maximum atomic E-state index is 13.3. The molecule has 0 spiro atoms. The fraction of sp³-hybridized carbons (Fsp3) is 0.647. The van der Waals surface area contributed by atoms with E-state index in [-0.39, 0.29) is 5.82 Å². The van der Waals surface area contributed by atoms with Crippen molar-refractivity contribution in [1.29, 1.82) is 0 Å². The molecule has 106 valence electrons. The van der Waals surface area contributed by atoms with E-state index in [0.29, 0.717) is 12.0 Å². The van der Waals surface area contributed by atoms with Crippen molar-refractivity contribution in [2.75, 3.05) is 7.05 Å². The van der Waals surface area contributed by atoms with Crippen LogP contribution in [0.5, 0.6) is 0 Å². The van der Waals surface area contributed by atoms with Gasteiger partial charge in [0.15, 0.2) is 0 Å². The molecule has 3 unspecified atom stereocenters. The van der Waals surface area contributed by atoms with Crippen molar-refractivity contribution in [1.82, 2.24) is 5.32 Å². The van der Waals surface area contributed by atoms with E-state index in [1.807, 2.05) is 20.0 Å². The Hall–Kier alpha value is -0.890. The van der Waals surface area contributed by atoms with Crippen LogP contribution in [0.25, 0.3) is 0 Å². The first kappa shape index (κ1) is 14.5. The average Bonchev–Trinajstić information content (AvgIpc) is 2.42. The Morgan fingerprint density at radius 1 is 1.32 bits per heavy atom. The number of hydrogen-bond donors (Lipinski definition) is 1. The molecule has 1 nitrogen and oxygen atoms in total. The van der Waals surface area contributed by atoms with E-state index in [2.05, 4.69) is 12.2 Å². The van der Waals surface area contributed by atoms with Gasteiger partial charge in [-0.2, -0.15) is 0 Å². The minimum Gasteiger partial charge on any atom is -0.313 e. The first-order valence-electron chi connectivity index (χ1n) is 7.60. The first-order chi connectivity index (χ1) is 9.17. The molecule has 1 aliphatic carbocycles. The maximum absolute atomic E-state index is 13.3. The number of nitrogens with one attached hydrogen (secondary N) is 1. The second kappa shape index (κ2) is 6.51. The minimum atomic E-state index is -0.133. The summed E-state index contributed by atoms with van der Waals surface area (Å²) in [6.45, 7) is 4.32. The molecule has 1 aromatic rings. The molecule has 3 atom stereocenters. The molecule has 0 aliphatic heterocycles. The summed E-state index contributed by atoms with van der Waals surface area (Å²) in [5.74, 6) is 1.36. The van der Waals surface area contributed by atoms with Crippen LogP contribution >= 0.6 is 0 Å². The Morgan fingerprint density at radius 3 is 2.68 bits per heavy atom. The first-order valence-corrected chi connectivity index (χ1v) is 7.60. The van der Waals surface area contributed by atoms with Crippen molar-refractivity contribution in [2.24, 2.45) is 11.8 Å². The largest absolute Gasteiger partial charge is 0.313 e. The summed E-state index contributed by atoms with van der Waals surface area (Å²) < 4.78 is 13.3.